The lowest BCUT2D eigenvalue weighted by Crippen LogP contribution is -2.36. The Bertz CT molecular complexity index is 223. The molecule has 0 amide bonds. The van der Waals surface area contributed by atoms with Crippen LogP contribution in [0, 0.1) is 5.41 Å². The Kier molecular flexibility index (Phi) is 3.67. The van der Waals surface area contributed by atoms with Crippen molar-refractivity contribution in [3.8, 4) is 0 Å². The van der Waals surface area contributed by atoms with Gasteiger partial charge in [-0.2, -0.15) is 0 Å². The Morgan fingerprint density at radius 3 is 2.36 bits per heavy atom. The summed E-state index contributed by atoms with van der Waals surface area (Å²) in [6.07, 6.45) is 3.18. The Hall–Kier alpha value is -0.860. The standard InChI is InChI=1S/C11H18O3/c1-3-11(10(13)14-4-2)7-5-9(12)6-8-11/h3-8H2,1-2H3. The zero-order chi connectivity index (χ0) is 10.6. The molecule has 0 unspecified atom stereocenters. The van der Waals surface area contributed by atoms with Crippen molar-refractivity contribution in [1.29, 1.82) is 0 Å². The number of hydrogen-bond donors (Lipinski definition) is 0. The molecular weight excluding hydrogens is 180 g/mol. The number of esters is 1. The molecule has 1 fully saturated rings. The van der Waals surface area contributed by atoms with Gasteiger partial charge in [-0.15, -0.1) is 0 Å². The summed E-state index contributed by atoms with van der Waals surface area (Å²) >= 11 is 0. The predicted molar refractivity (Wildman–Crippen MR) is 52.8 cm³/mol. The van der Waals surface area contributed by atoms with E-state index >= 15 is 0 Å². The fourth-order valence-electron chi connectivity index (χ4n) is 1.99. The molecule has 0 aromatic rings. The Labute approximate surface area is 84.8 Å². The van der Waals surface area contributed by atoms with Gasteiger partial charge in [0.2, 0.25) is 0 Å². The molecule has 0 bridgehead atoms. The zero-order valence-corrected chi connectivity index (χ0v) is 8.97. The molecule has 3 nitrogen and oxygen atoms in total. The maximum absolute atomic E-state index is 11.7. The maximum atomic E-state index is 11.7. The van der Waals surface area contributed by atoms with Crippen LogP contribution in [0.3, 0.4) is 0 Å². The molecule has 14 heavy (non-hydrogen) atoms. The van der Waals surface area contributed by atoms with Crippen LogP contribution in [0.15, 0.2) is 0 Å². The molecule has 0 aliphatic heterocycles. The highest BCUT2D eigenvalue weighted by atomic mass is 16.5. The second-order valence-electron chi connectivity index (χ2n) is 3.89. The van der Waals surface area contributed by atoms with Crippen molar-refractivity contribution >= 4 is 11.8 Å². The maximum Gasteiger partial charge on any atom is 0.312 e. The molecule has 0 aromatic heterocycles. The van der Waals surface area contributed by atoms with Crippen LogP contribution in [-0.2, 0) is 14.3 Å². The summed E-state index contributed by atoms with van der Waals surface area (Å²) in [4.78, 5) is 22.8. The van der Waals surface area contributed by atoms with Crippen molar-refractivity contribution in [2.24, 2.45) is 5.41 Å². The number of ether oxygens (including phenoxy) is 1. The van der Waals surface area contributed by atoms with Crippen LogP contribution in [0.25, 0.3) is 0 Å². The van der Waals surface area contributed by atoms with Crippen LogP contribution in [0.1, 0.15) is 46.0 Å². The number of ketones is 1. The van der Waals surface area contributed by atoms with Gasteiger partial charge in [0.25, 0.3) is 0 Å². The quantitative estimate of drug-likeness (QED) is 0.652. The largest absolute Gasteiger partial charge is 0.466 e. The molecule has 1 rings (SSSR count). The molecule has 0 spiro atoms. The molecule has 0 saturated heterocycles. The fourth-order valence-corrected chi connectivity index (χ4v) is 1.99. The third-order valence-corrected chi connectivity index (χ3v) is 3.15. The highest BCUT2D eigenvalue weighted by Crippen LogP contribution is 2.38. The van der Waals surface area contributed by atoms with E-state index < -0.39 is 0 Å². The first kappa shape index (κ1) is 11.2. The third-order valence-electron chi connectivity index (χ3n) is 3.15. The van der Waals surface area contributed by atoms with Gasteiger partial charge >= 0.3 is 5.97 Å². The highest BCUT2D eigenvalue weighted by molar-refractivity contribution is 5.84. The molecule has 0 heterocycles. The van der Waals surface area contributed by atoms with Gasteiger partial charge in [-0.25, -0.2) is 0 Å². The van der Waals surface area contributed by atoms with E-state index in [4.69, 9.17) is 4.74 Å². The van der Waals surface area contributed by atoms with Crippen LogP contribution in [0.2, 0.25) is 0 Å². The number of Topliss-reactive ketones (excluding diaryl/α,β-unsaturated/α-hetero) is 1. The minimum Gasteiger partial charge on any atom is -0.466 e. The summed E-state index contributed by atoms with van der Waals surface area (Å²) in [5, 5.41) is 0. The SMILES string of the molecule is CCOC(=O)C1(CC)CCC(=O)CC1. The van der Waals surface area contributed by atoms with E-state index in [1.807, 2.05) is 13.8 Å². The fraction of sp³-hybridized carbons (Fsp3) is 0.818. The molecule has 1 aliphatic rings. The van der Waals surface area contributed by atoms with Gasteiger partial charge in [0.05, 0.1) is 12.0 Å². The summed E-state index contributed by atoms with van der Waals surface area (Å²) in [5.41, 5.74) is -0.371. The van der Waals surface area contributed by atoms with Gasteiger partial charge in [0, 0.05) is 12.8 Å². The molecule has 1 saturated carbocycles. The normalized spacial score (nSPS) is 20.6. The molecule has 0 radical (unpaired) electrons. The first-order valence-electron chi connectivity index (χ1n) is 5.33. The lowest BCUT2D eigenvalue weighted by molar-refractivity contribution is -0.158. The minimum absolute atomic E-state index is 0.116. The minimum atomic E-state index is -0.371. The predicted octanol–water partition coefficient (Wildman–Crippen LogP) is 2.09. The average molecular weight is 198 g/mol. The van der Waals surface area contributed by atoms with Crippen molar-refractivity contribution in [2.45, 2.75) is 46.0 Å². The van der Waals surface area contributed by atoms with E-state index in [-0.39, 0.29) is 17.2 Å². The van der Waals surface area contributed by atoms with E-state index in [0.29, 0.717) is 32.3 Å². The van der Waals surface area contributed by atoms with Crippen LogP contribution < -0.4 is 0 Å². The van der Waals surface area contributed by atoms with Gasteiger partial charge in [0.1, 0.15) is 5.78 Å². The van der Waals surface area contributed by atoms with E-state index in [9.17, 15) is 9.59 Å². The zero-order valence-electron chi connectivity index (χ0n) is 8.97. The Morgan fingerprint density at radius 1 is 1.36 bits per heavy atom. The summed E-state index contributed by atoms with van der Waals surface area (Å²) in [6.45, 7) is 4.23. The lowest BCUT2D eigenvalue weighted by Gasteiger charge is -2.33. The number of rotatable bonds is 3. The molecule has 0 N–H and O–H groups in total. The van der Waals surface area contributed by atoms with Crippen molar-refractivity contribution in [3.63, 3.8) is 0 Å². The first-order chi connectivity index (χ1) is 6.64. The van der Waals surface area contributed by atoms with Gasteiger partial charge < -0.3 is 4.74 Å². The third kappa shape index (κ3) is 2.14. The summed E-state index contributed by atoms with van der Waals surface area (Å²) < 4.78 is 5.06. The molecule has 0 aromatic carbocycles. The Morgan fingerprint density at radius 2 is 1.93 bits per heavy atom. The number of carbonyl (C=O) groups excluding carboxylic acids is 2. The van der Waals surface area contributed by atoms with Crippen molar-refractivity contribution in [1.82, 2.24) is 0 Å². The highest BCUT2D eigenvalue weighted by Gasteiger charge is 2.40. The first-order valence-corrected chi connectivity index (χ1v) is 5.33. The van der Waals surface area contributed by atoms with Gasteiger partial charge in [-0.05, 0) is 26.2 Å². The van der Waals surface area contributed by atoms with E-state index in [0.717, 1.165) is 6.42 Å². The van der Waals surface area contributed by atoms with Gasteiger partial charge in [-0.1, -0.05) is 6.92 Å². The number of carbonyl (C=O) groups is 2. The van der Waals surface area contributed by atoms with Crippen molar-refractivity contribution < 1.29 is 14.3 Å². The lowest BCUT2D eigenvalue weighted by atomic mass is 9.72. The van der Waals surface area contributed by atoms with Crippen LogP contribution in [0.4, 0.5) is 0 Å². The van der Waals surface area contributed by atoms with Gasteiger partial charge in [0.15, 0.2) is 0 Å². The molecule has 3 heteroatoms. The van der Waals surface area contributed by atoms with Crippen LogP contribution in [-0.4, -0.2) is 18.4 Å². The van der Waals surface area contributed by atoms with Crippen molar-refractivity contribution in [2.75, 3.05) is 6.61 Å². The monoisotopic (exact) mass is 198 g/mol. The smallest absolute Gasteiger partial charge is 0.312 e. The summed E-state index contributed by atoms with van der Waals surface area (Å²) in [6, 6.07) is 0. The van der Waals surface area contributed by atoms with Crippen LogP contribution in [0.5, 0.6) is 0 Å². The van der Waals surface area contributed by atoms with Crippen LogP contribution >= 0.6 is 0 Å². The summed E-state index contributed by atoms with van der Waals surface area (Å²) in [7, 11) is 0. The number of hydrogen-bond acceptors (Lipinski definition) is 3. The molecule has 0 atom stereocenters. The topological polar surface area (TPSA) is 43.4 Å². The molecule has 1 aliphatic carbocycles. The Balaban J connectivity index is 2.66. The molecular formula is C11H18O3. The van der Waals surface area contributed by atoms with E-state index in [1.54, 1.807) is 0 Å². The van der Waals surface area contributed by atoms with Crippen molar-refractivity contribution in [3.05, 3.63) is 0 Å². The molecule has 80 valence electrons. The second-order valence-corrected chi connectivity index (χ2v) is 3.89. The van der Waals surface area contributed by atoms with E-state index in [2.05, 4.69) is 0 Å². The average Bonchev–Trinajstić information content (AvgIpc) is 2.20. The van der Waals surface area contributed by atoms with Gasteiger partial charge in [-0.3, -0.25) is 9.59 Å². The van der Waals surface area contributed by atoms with E-state index in [1.165, 1.54) is 0 Å². The second kappa shape index (κ2) is 4.58. The summed E-state index contributed by atoms with van der Waals surface area (Å²) in [5.74, 6) is 0.161.